The SMILES string of the molecule is CO[C@H](c1ncc(Cl)cn1)[C@H](C)S(=O)(=O)Cc1nnc(-c2cccc(C)n2)n1[C@@H](C)[C@@H]1CCCCO1. The van der Waals surface area contributed by atoms with Gasteiger partial charge in [-0.25, -0.2) is 23.4 Å². The molecular formula is C24H31ClN6O4S. The maximum absolute atomic E-state index is 13.6. The van der Waals surface area contributed by atoms with Crippen LogP contribution in [-0.2, 0) is 25.1 Å². The molecule has 0 aromatic carbocycles. The first-order valence-electron chi connectivity index (χ1n) is 11.9. The zero-order chi connectivity index (χ0) is 25.9. The molecule has 0 saturated carbocycles. The Hall–Kier alpha value is -2.47. The molecule has 10 nitrogen and oxygen atoms in total. The van der Waals surface area contributed by atoms with Crippen LogP contribution in [-0.4, -0.2) is 63.2 Å². The summed E-state index contributed by atoms with van der Waals surface area (Å²) < 4.78 is 40.6. The van der Waals surface area contributed by atoms with E-state index in [2.05, 4.69) is 25.1 Å². The molecule has 1 aliphatic heterocycles. The highest BCUT2D eigenvalue weighted by Gasteiger charge is 2.36. The molecular weight excluding hydrogens is 504 g/mol. The van der Waals surface area contributed by atoms with Crippen molar-refractivity contribution < 1.29 is 17.9 Å². The largest absolute Gasteiger partial charge is 0.376 e. The summed E-state index contributed by atoms with van der Waals surface area (Å²) in [5.74, 6) is 0.752. The fourth-order valence-electron chi connectivity index (χ4n) is 4.48. The van der Waals surface area contributed by atoms with Crippen molar-refractivity contribution >= 4 is 21.4 Å². The summed E-state index contributed by atoms with van der Waals surface area (Å²) in [6, 6.07) is 5.46. The Bertz CT molecular complexity index is 1280. The molecule has 4 heterocycles. The Morgan fingerprint density at radius 1 is 1.19 bits per heavy atom. The fraction of sp³-hybridized carbons (Fsp3) is 0.542. The predicted molar refractivity (Wildman–Crippen MR) is 135 cm³/mol. The molecule has 36 heavy (non-hydrogen) atoms. The monoisotopic (exact) mass is 534 g/mol. The van der Waals surface area contributed by atoms with Crippen LogP contribution in [0.3, 0.4) is 0 Å². The number of hydrogen-bond donors (Lipinski definition) is 0. The highest BCUT2D eigenvalue weighted by atomic mass is 35.5. The van der Waals surface area contributed by atoms with Crippen molar-refractivity contribution in [3.63, 3.8) is 0 Å². The molecule has 3 aromatic heterocycles. The summed E-state index contributed by atoms with van der Waals surface area (Å²) in [5, 5.41) is 8.11. The molecule has 1 aliphatic rings. The van der Waals surface area contributed by atoms with E-state index in [0.717, 1.165) is 25.0 Å². The Morgan fingerprint density at radius 3 is 2.58 bits per heavy atom. The van der Waals surface area contributed by atoms with Crippen molar-refractivity contribution in [3.8, 4) is 11.5 Å². The molecule has 194 valence electrons. The Kier molecular flexibility index (Phi) is 8.34. The summed E-state index contributed by atoms with van der Waals surface area (Å²) in [5.41, 5.74) is 1.46. The molecule has 0 radical (unpaired) electrons. The number of nitrogens with zero attached hydrogens (tertiary/aromatic N) is 6. The molecule has 0 aliphatic carbocycles. The van der Waals surface area contributed by atoms with Gasteiger partial charge in [-0.2, -0.15) is 0 Å². The van der Waals surface area contributed by atoms with Crippen LogP contribution in [0.25, 0.3) is 11.5 Å². The first kappa shape index (κ1) is 26.6. The lowest BCUT2D eigenvalue weighted by atomic mass is 10.0. The second-order valence-electron chi connectivity index (χ2n) is 9.05. The van der Waals surface area contributed by atoms with Crippen molar-refractivity contribution in [2.24, 2.45) is 0 Å². The van der Waals surface area contributed by atoms with E-state index >= 15 is 0 Å². The normalized spacial score (nSPS) is 19.1. The van der Waals surface area contributed by atoms with Crippen molar-refractivity contribution in [1.29, 1.82) is 0 Å². The number of halogens is 1. The van der Waals surface area contributed by atoms with Crippen molar-refractivity contribution in [2.45, 2.75) is 69.3 Å². The lowest BCUT2D eigenvalue weighted by molar-refractivity contribution is -0.0125. The van der Waals surface area contributed by atoms with Crippen LogP contribution >= 0.6 is 11.6 Å². The number of methoxy groups -OCH3 is 1. The van der Waals surface area contributed by atoms with Crippen LogP contribution in [0.2, 0.25) is 5.02 Å². The highest BCUT2D eigenvalue weighted by molar-refractivity contribution is 7.91. The van der Waals surface area contributed by atoms with Crippen LogP contribution in [0.15, 0.2) is 30.6 Å². The molecule has 0 bridgehead atoms. The van der Waals surface area contributed by atoms with Crippen LogP contribution in [0.5, 0.6) is 0 Å². The molecule has 0 N–H and O–H groups in total. The number of rotatable bonds is 9. The third kappa shape index (κ3) is 5.74. The summed E-state index contributed by atoms with van der Waals surface area (Å²) >= 11 is 5.89. The minimum atomic E-state index is -3.77. The van der Waals surface area contributed by atoms with Gasteiger partial charge in [-0.1, -0.05) is 17.7 Å². The van der Waals surface area contributed by atoms with Gasteiger partial charge >= 0.3 is 0 Å². The summed E-state index contributed by atoms with van der Waals surface area (Å²) in [6.45, 7) is 6.17. The van der Waals surface area contributed by atoms with Gasteiger partial charge in [-0.05, 0) is 52.2 Å². The second-order valence-corrected chi connectivity index (χ2v) is 11.8. The molecule has 4 rings (SSSR count). The summed E-state index contributed by atoms with van der Waals surface area (Å²) in [4.78, 5) is 12.9. The van der Waals surface area contributed by atoms with Crippen molar-refractivity contribution in [2.75, 3.05) is 13.7 Å². The van der Waals surface area contributed by atoms with E-state index < -0.39 is 21.2 Å². The highest BCUT2D eigenvalue weighted by Crippen LogP contribution is 2.31. The fourth-order valence-corrected chi connectivity index (χ4v) is 6.01. The minimum absolute atomic E-state index is 0.0774. The zero-order valence-corrected chi connectivity index (χ0v) is 22.4. The Labute approximate surface area is 216 Å². The average Bonchev–Trinajstić information content (AvgIpc) is 3.28. The number of aryl methyl sites for hydroxylation is 1. The van der Waals surface area contributed by atoms with Gasteiger partial charge in [0, 0.05) is 31.8 Å². The molecule has 1 saturated heterocycles. The Balaban J connectivity index is 1.70. The van der Waals surface area contributed by atoms with E-state index in [1.54, 1.807) is 6.92 Å². The van der Waals surface area contributed by atoms with Crippen LogP contribution in [0.1, 0.15) is 62.6 Å². The molecule has 0 amide bonds. The van der Waals surface area contributed by atoms with Gasteiger partial charge in [0.2, 0.25) is 0 Å². The maximum atomic E-state index is 13.6. The van der Waals surface area contributed by atoms with E-state index in [4.69, 9.17) is 21.1 Å². The molecule has 12 heteroatoms. The van der Waals surface area contributed by atoms with E-state index in [0.29, 0.717) is 29.0 Å². The number of aromatic nitrogens is 6. The van der Waals surface area contributed by atoms with Crippen LogP contribution in [0.4, 0.5) is 0 Å². The van der Waals surface area contributed by atoms with Crippen molar-refractivity contribution in [3.05, 3.63) is 53.0 Å². The molecule has 4 atom stereocenters. The van der Waals surface area contributed by atoms with Gasteiger partial charge in [-0.3, -0.25) is 0 Å². The Morgan fingerprint density at radius 2 is 1.94 bits per heavy atom. The van der Waals surface area contributed by atoms with Crippen LogP contribution < -0.4 is 0 Å². The molecule has 0 unspecified atom stereocenters. The van der Waals surface area contributed by atoms with E-state index in [-0.39, 0.29) is 23.7 Å². The van der Waals surface area contributed by atoms with Gasteiger partial charge in [0.1, 0.15) is 23.4 Å². The summed E-state index contributed by atoms with van der Waals surface area (Å²) in [6.07, 6.45) is 4.82. The minimum Gasteiger partial charge on any atom is -0.376 e. The number of pyridine rings is 1. The lowest BCUT2D eigenvalue weighted by Gasteiger charge is -2.30. The van der Waals surface area contributed by atoms with Crippen molar-refractivity contribution in [1.82, 2.24) is 29.7 Å². The smallest absolute Gasteiger partial charge is 0.182 e. The molecule has 1 fully saturated rings. The topological polar surface area (TPSA) is 122 Å². The first-order valence-corrected chi connectivity index (χ1v) is 14.0. The third-order valence-corrected chi connectivity index (χ3v) is 8.75. The average molecular weight is 535 g/mol. The van der Waals surface area contributed by atoms with Crippen LogP contribution in [0, 0.1) is 6.92 Å². The number of hydrogen-bond acceptors (Lipinski definition) is 9. The van der Waals surface area contributed by atoms with E-state index in [1.807, 2.05) is 36.6 Å². The number of sulfone groups is 1. The second kappa shape index (κ2) is 11.3. The van der Waals surface area contributed by atoms with Gasteiger partial charge in [0.25, 0.3) is 0 Å². The first-order chi connectivity index (χ1) is 17.2. The standard InChI is InChI=1S/C24H31ClN6O4S/c1-15-8-7-9-19(28-15)24-30-29-21(31(24)16(2)20-10-5-6-11-35-20)14-36(32,33)17(3)22(34-4)23-26-12-18(25)13-27-23/h7-9,12-13,16-17,20,22H,5-6,10-11,14H2,1-4H3/t16-,17-,20-,22-/m0/s1. The van der Waals surface area contributed by atoms with Gasteiger partial charge in [0.05, 0.1) is 22.4 Å². The number of ether oxygens (including phenoxy) is 2. The predicted octanol–water partition coefficient (Wildman–Crippen LogP) is 3.91. The van der Waals surface area contributed by atoms with Gasteiger partial charge in [0.15, 0.2) is 21.5 Å². The van der Waals surface area contributed by atoms with E-state index in [9.17, 15) is 8.42 Å². The van der Waals surface area contributed by atoms with Gasteiger partial charge < -0.3 is 14.0 Å². The van der Waals surface area contributed by atoms with Gasteiger partial charge in [-0.15, -0.1) is 10.2 Å². The quantitative estimate of drug-likeness (QED) is 0.402. The molecule has 3 aromatic rings. The lowest BCUT2D eigenvalue weighted by Crippen LogP contribution is -2.32. The zero-order valence-electron chi connectivity index (χ0n) is 20.8. The molecule has 0 spiro atoms. The van der Waals surface area contributed by atoms with E-state index in [1.165, 1.54) is 19.5 Å². The summed E-state index contributed by atoms with van der Waals surface area (Å²) in [7, 11) is -2.34. The maximum Gasteiger partial charge on any atom is 0.182 e. The third-order valence-electron chi connectivity index (χ3n) is 6.52.